The van der Waals surface area contributed by atoms with E-state index in [1.807, 2.05) is 6.92 Å². The number of ether oxygens (including phenoxy) is 1. The van der Waals surface area contributed by atoms with Crippen molar-refractivity contribution in [1.29, 1.82) is 0 Å². The Morgan fingerprint density at radius 2 is 2.18 bits per heavy atom. The number of esters is 1. The molecule has 0 spiro atoms. The maximum atomic E-state index is 11.2. The summed E-state index contributed by atoms with van der Waals surface area (Å²) in [7, 11) is 0. The van der Waals surface area contributed by atoms with Gasteiger partial charge in [-0.1, -0.05) is 23.2 Å². The van der Waals surface area contributed by atoms with Crippen LogP contribution in [0.15, 0.2) is 18.2 Å². The molecular formula is C12H15Cl2NO2. The molecule has 0 aliphatic heterocycles. The van der Waals surface area contributed by atoms with Gasteiger partial charge in [0.15, 0.2) is 0 Å². The van der Waals surface area contributed by atoms with Gasteiger partial charge in [0.2, 0.25) is 0 Å². The van der Waals surface area contributed by atoms with Crippen molar-refractivity contribution in [2.24, 2.45) is 0 Å². The van der Waals surface area contributed by atoms with Crippen LogP contribution in [0.4, 0.5) is 0 Å². The minimum atomic E-state index is -0.280. The second kappa shape index (κ2) is 6.84. The maximum Gasteiger partial charge on any atom is 0.319 e. The molecule has 1 rings (SSSR count). The summed E-state index contributed by atoms with van der Waals surface area (Å²) in [5, 5.41) is 4.28. The Hall–Kier alpha value is -0.770. The van der Waals surface area contributed by atoms with Crippen LogP contribution in [0.5, 0.6) is 0 Å². The standard InChI is InChI=1S/C12H15Cl2NO2/c1-3-17-12(16)7-15-8(2)10-6-9(13)4-5-11(10)14/h4-6,8,15H,3,7H2,1-2H3. The Balaban J connectivity index is 2.60. The van der Waals surface area contributed by atoms with E-state index in [2.05, 4.69) is 5.32 Å². The highest BCUT2D eigenvalue weighted by molar-refractivity contribution is 6.33. The number of benzene rings is 1. The Morgan fingerprint density at radius 1 is 1.47 bits per heavy atom. The highest BCUT2D eigenvalue weighted by Gasteiger charge is 2.11. The summed E-state index contributed by atoms with van der Waals surface area (Å²) in [6, 6.07) is 5.19. The highest BCUT2D eigenvalue weighted by Crippen LogP contribution is 2.25. The van der Waals surface area contributed by atoms with E-state index < -0.39 is 0 Å². The predicted molar refractivity (Wildman–Crippen MR) is 69.5 cm³/mol. The molecule has 1 aromatic carbocycles. The largest absolute Gasteiger partial charge is 0.465 e. The first-order valence-corrected chi connectivity index (χ1v) is 6.14. The molecule has 1 atom stereocenters. The fourth-order valence-corrected chi connectivity index (χ4v) is 1.87. The molecule has 0 saturated carbocycles. The average molecular weight is 276 g/mol. The van der Waals surface area contributed by atoms with Crippen LogP contribution in [0, 0.1) is 0 Å². The van der Waals surface area contributed by atoms with Gasteiger partial charge in [0, 0.05) is 16.1 Å². The second-order valence-corrected chi connectivity index (χ2v) is 4.42. The zero-order valence-corrected chi connectivity index (χ0v) is 11.3. The first-order valence-electron chi connectivity index (χ1n) is 5.38. The van der Waals surface area contributed by atoms with E-state index in [0.29, 0.717) is 16.7 Å². The van der Waals surface area contributed by atoms with Gasteiger partial charge in [0.25, 0.3) is 0 Å². The van der Waals surface area contributed by atoms with Gasteiger partial charge in [-0.05, 0) is 37.6 Å². The van der Waals surface area contributed by atoms with Crippen molar-refractivity contribution in [3.05, 3.63) is 33.8 Å². The zero-order valence-electron chi connectivity index (χ0n) is 9.80. The van der Waals surface area contributed by atoms with Gasteiger partial charge in [-0.2, -0.15) is 0 Å². The van der Waals surface area contributed by atoms with Crippen molar-refractivity contribution in [2.75, 3.05) is 13.2 Å². The minimum absolute atomic E-state index is 0.0643. The Labute approximate surface area is 111 Å². The van der Waals surface area contributed by atoms with Crippen molar-refractivity contribution in [1.82, 2.24) is 5.32 Å². The summed E-state index contributed by atoms with van der Waals surface area (Å²) in [6.07, 6.45) is 0. The lowest BCUT2D eigenvalue weighted by Gasteiger charge is -2.15. The van der Waals surface area contributed by atoms with Gasteiger partial charge >= 0.3 is 5.97 Å². The fraction of sp³-hybridized carbons (Fsp3) is 0.417. The van der Waals surface area contributed by atoms with Gasteiger partial charge in [-0.25, -0.2) is 0 Å². The van der Waals surface area contributed by atoms with Crippen molar-refractivity contribution >= 4 is 29.2 Å². The van der Waals surface area contributed by atoms with Crippen molar-refractivity contribution in [3.63, 3.8) is 0 Å². The molecular weight excluding hydrogens is 261 g/mol. The number of hydrogen-bond acceptors (Lipinski definition) is 3. The molecule has 1 unspecified atom stereocenters. The molecule has 0 aliphatic carbocycles. The van der Waals surface area contributed by atoms with Gasteiger partial charge in [-0.15, -0.1) is 0 Å². The van der Waals surface area contributed by atoms with Crippen LogP contribution in [-0.2, 0) is 9.53 Å². The third-order valence-electron chi connectivity index (χ3n) is 2.28. The number of nitrogens with one attached hydrogen (secondary N) is 1. The summed E-state index contributed by atoms with van der Waals surface area (Å²) in [5.74, 6) is -0.280. The second-order valence-electron chi connectivity index (χ2n) is 3.57. The molecule has 0 aliphatic rings. The first-order chi connectivity index (χ1) is 8.04. The van der Waals surface area contributed by atoms with Crippen molar-refractivity contribution in [3.8, 4) is 0 Å². The topological polar surface area (TPSA) is 38.3 Å². The number of halogens is 2. The summed E-state index contributed by atoms with van der Waals surface area (Å²) in [6.45, 7) is 4.22. The van der Waals surface area contributed by atoms with E-state index in [-0.39, 0.29) is 18.6 Å². The van der Waals surface area contributed by atoms with Gasteiger partial charge < -0.3 is 10.1 Å². The molecule has 5 heteroatoms. The Morgan fingerprint density at radius 3 is 2.82 bits per heavy atom. The van der Waals surface area contributed by atoms with E-state index >= 15 is 0 Å². The van der Waals surface area contributed by atoms with E-state index in [0.717, 1.165) is 5.56 Å². The molecule has 0 bridgehead atoms. The van der Waals surface area contributed by atoms with E-state index in [4.69, 9.17) is 27.9 Å². The lowest BCUT2D eigenvalue weighted by Crippen LogP contribution is -2.27. The molecule has 1 aromatic rings. The molecule has 0 heterocycles. The van der Waals surface area contributed by atoms with Crippen LogP contribution in [0.3, 0.4) is 0 Å². The molecule has 0 radical (unpaired) electrons. The fourth-order valence-electron chi connectivity index (χ4n) is 1.40. The Kier molecular flexibility index (Phi) is 5.75. The molecule has 3 nitrogen and oxygen atoms in total. The molecule has 0 fully saturated rings. The summed E-state index contributed by atoms with van der Waals surface area (Å²) in [5.41, 5.74) is 0.864. The van der Waals surface area contributed by atoms with Crippen LogP contribution in [-0.4, -0.2) is 19.1 Å². The van der Waals surface area contributed by atoms with Gasteiger partial charge in [0.1, 0.15) is 0 Å². The zero-order chi connectivity index (χ0) is 12.8. The van der Waals surface area contributed by atoms with Crippen LogP contribution in [0.25, 0.3) is 0 Å². The van der Waals surface area contributed by atoms with E-state index in [9.17, 15) is 4.79 Å². The van der Waals surface area contributed by atoms with Crippen LogP contribution < -0.4 is 5.32 Å². The third kappa shape index (κ3) is 4.54. The first kappa shape index (κ1) is 14.3. The Bertz CT molecular complexity index is 396. The van der Waals surface area contributed by atoms with Crippen molar-refractivity contribution in [2.45, 2.75) is 19.9 Å². The molecule has 0 amide bonds. The number of rotatable bonds is 5. The van der Waals surface area contributed by atoms with Crippen LogP contribution >= 0.6 is 23.2 Å². The van der Waals surface area contributed by atoms with Gasteiger partial charge in [0.05, 0.1) is 13.2 Å². The summed E-state index contributed by atoms with van der Waals surface area (Å²) in [4.78, 5) is 11.2. The number of carbonyl (C=O) groups excluding carboxylic acids is 1. The number of hydrogen-bond donors (Lipinski definition) is 1. The summed E-state index contributed by atoms with van der Waals surface area (Å²) < 4.78 is 4.82. The lowest BCUT2D eigenvalue weighted by molar-refractivity contribution is -0.142. The molecule has 0 aromatic heterocycles. The van der Waals surface area contributed by atoms with Gasteiger partial charge in [-0.3, -0.25) is 4.79 Å². The van der Waals surface area contributed by atoms with Crippen molar-refractivity contribution < 1.29 is 9.53 Å². The van der Waals surface area contributed by atoms with Crippen LogP contribution in [0.2, 0.25) is 10.0 Å². The maximum absolute atomic E-state index is 11.2. The van der Waals surface area contributed by atoms with E-state index in [1.165, 1.54) is 0 Å². The SMILES string of the molecule is CCOC(=O)CNC(C)c1cc(Cl)ccc1Cl. The molecule has 0 saturated heterocycles. The quantitative estimate of drug-likeness (QED) is 0.839. The minimum Gasteiger partial charge on any atom is -0.465 e. The third-order valence-corrected chi connectivity index (χ3v) is 2.86. The molecule has 17 heavy (non-hydrogen) atoms. The molecule has 1 N–H and O–H groups in total. The lowest BCUT2D eigenvalue weighted by atomic mass is 10.1. The number of carbonyl (C=O) groups is 1. The predicted octanol–water partition coefficient (Wildman–Crippen LogP) is 3.21. The normalized spacial score (nSPS) is 12.2. The van der Waals surface area contributed by atoms with E-state index in [1.54, 1.807) is 25.1 Å². The highest BCUT2D eigenvalue weighted by atomic mass is 35.5. The van der Waals surface area contributed by atoms with Crippen LogP contribution in [0.1, 0.15) is 25.5 Å². The smallest absolute Gasteiger partial charge is 0.319 e. The summed E-state index contributed by atoms with van der Waals surface area (Å²) >= 11 is 11.9. The average Bonchev–Trinajstić information content (AvgIpc) is 2.29. The molecule has 94 valence electrons. The monoisotopic (exact) mass is 275 g/mol.